The van der Waals surface area contributed by atoms with Gasteiger partial charge in [-0.1, -0.05) is 17.7 Å². The predicted molar refractivity (Wildman–Crippen MR) is 74.4 cm³/mol. The van der Waals surface area contributed by atoms with E-state index in [2.05, 4.69) is 9.97 Å². The number of hydrogen-bond acceptors (Lipinski definition) is 2. The normalized spacial score (nSPS) is 11.2. The Morgan fingerprint density at radius 2 is 2.28 bits per heavy atom. The smallest absolute Gasteiger partial charge is 0.178 e. The quantitative estimate of drug-likeness (QED) is 0.732. The van der Waals surface area contributed by atoms with Gasteiger partial charge < -0.3 is 14.1 Å². The van der Waals surface area contributed by atoms with Gasteiger partial charge >= 0.3 is 0 Å². The standard InChI is InChI=1S/C12H11ClN4S/c1-16-6-5-14-10(16)7-17-9-4-2-3-8(13)11(9)15-12(17)18/h2-6H,7H2,1H3,(H,15,18). The zero-order valence-corrected chi connectivity index (χ0v) is 11.3. The number of para-hydroxylation sites is 1. The Morgan fingerprint density at radius 1 is 1.44 bits per heavy atom. The number of rotatable bonds is 2. The first kappa shape index (κ1) is 11.5. The largest absolute Gasteiger partial charge is 0.337 e. The van der Waals surface area contributed by atoms with Crippen LogP contribution in [0.1, 0.15) is 5.82 Å². The van der Waals surface area contributed by atoms with Gasteiger partial charge in [0, 0.05) is 19.4 Å². The van der Waals surface area contributed by atoms with Crippen LogP contribution in [-0.2, 0) is 13.6 Å². The Bertz CT molecular complexity index is 768. The highest BCUT2D eigenvalue weighted by molar-refractivity contribution is 7.71. The lowest BCUT2D eigenvalue weighted by Crippen LogP contribution is -2.05. The third-order valence-electron chi connectivity index (χ3n) is 2.98. The highest BCUT2D eigenvalue weighted by Gasteiger charge is 2.09. The zero-order chi connectivity index (χ0) is 12.7. The van der Waals surface area contributed by atoms with Gasteiger partial charge in [0.2, 0.25) is 0 Å². The molecule has 0 fully saturated rings. The summed E-state index contributed by atoms with van der Waals surface area (Å²) in [5.41, 5.74) is 1.87. The molecule has 0 unspecified atom stereocenters. The van der Waals surface area contributed by atoms with Crippen molar-refractivity contribution in [3.63, 3.8) is 0 Å². The first-order valence-corrected chi connectivity index (χ1v) is 6.28. The number of nitrogens with zero attached hydrogens (tertiary/aromatic N) is 3. The maximum atomic E-state index is 6.14. The van der Waals surface area contributed by atoms with Gasteiger partial charge in [0.15, 0.2) is 4.77 Å². The predicted octanol–water partition coefficient (Wildman–Crippen LogP) is 3.13. The van der Waals surface area contributed by atoms with E-state index in [0.29, 0.717) is 16.3 Å². The number of benzene rings is 1. The molecule has 1 N–H and O–H groups in total. The van der Waals surface area contributed by atoms with Crippen LogP contribution < -0.4 is 0 Å². The summed E-state index contributed by atoms with van der Waals surface area (Å²) in [6, 6.07) is 5.76. The van der Waals surface area contributed by atoms with Gasteiger partial charge in [-0.05, 0) is 24.4 Å². The topological polar surface area (TPSA) is 38.5 Å². The van der Waals surface area contributed by atoms with Crippen molar-refractivity contribution in [2.24, 2.45) is 7.05 Å². The molecule has 0 amide bonds. The van der Waals surface area contributed by atoms with Crippen molar-refractivity contribution >= 4 is 34.9 Å². The SMILES string of the molecule is Cn1ccnc1Cn1c(=S)[nH]c2c(Cl)cccc21. The first-order valence-electron chi connectivity index (χ1n) is 5.50. The van der Waals surface area contributed by atoms with Crippen molar-refractivity contribution in [2.45, 2.75) is 6.54 Å². The summed E-state index contributed by atoms with van der Waals surface area (Å²) in [4.78, 5) is 7.45. The van der Waals surface area contributed by atoms with Gasteiger partial charge in [0.05, 0.1) is 22.6 Å². The summed E-state index contributed by atoms with van der Waals surface area (Å²) in [5, 5.41) is 0.678. The lowest BCUT2D eigenvalue weighted by Gasteiger charge is -2.04. The molecule has 0 aliphatic rings. The lowest BCUT2D eigenvalue weighted by atomic mass is 10.3. The van der Waals surface area contributed by atoms with Crippen molar-refractivity contribution in [2.75, 3.05) is 0 Å². The van der Waals surface area contributed by atoms with Gasteiger partial charge in [0.1, 0.15) is 5.82 Å². The van der Waals surface area contributed by atoms with Crippen molar-refractivity contribution in [3.05, 3.63) is 46.2 Å². The number of imidazole rings is 2. The van der Waals surface area contributed by atoms with E-state index in [-0.39, 0.29) is 0 Å². The molecule has 0 atom stereocenters. The van der Waals surface area contributed by atoms with Crippen molar-refractivity contribution < 1.29 is 0 Å². The second kappa shape index (κ2) is 4.26. The molecule has 92 valence electrons. The Labute approximate surface area is 114 Å². The number of aromatic amines is 1. The molecule has 0 saturated heterocycles. The third-order valence-corrected chi connectivity index (χ3v) is 3.62. The average Bonchev–Trinajstić information content (AvgIpc) is 2.87. The van der Waals surface area contributed by atoms with Crippen LogP contribution in [0.15, 0.2) is 30.6 Å². The summed E-state index contributed by atoms with van der Waals surface area (Å²) >= 11 is 11.5. The average molecular weight is 279 g/mol. The number of fused-ring (bicyclic) bond motifs is 1. The van der Waals surface area contributed by atoms with Crippen LogP contribution in [0.5, 0.6) is 0 Å². The van der Waals surface area contributed by atoms with E-state index in [9.17, 15) is 0 Å². The summed E-state index contributed by atoms with van der Waals surface area (Å²) in [6.07, 6.45) is 3.70. The summed E-state index contributed by atoms with van der Waals surface area (Å²) in [6.45, 7) is 0.628. The van der Waals surface area contributed by atoms with Crippen LogP contribution in [0.2, 0.25) is 5.02 Å². The first-order chi connectivity index (χ1) is 8.66. The second-order valence-electron chi connectivity index (χ2n) is 4.10. The zero-order valence-electron chi connectivity index (χ0n) is 9.72. The molecule has 0 bridgehead atoms. The van der Waals surface area contributed by atoms with Gasteiger partial charge in [-0.2, -0.15) is 0 Å². The van der Waals surface area contributed by atoms with E-state index in [4.69, 9.17) is 23.8 Å². The fraction of sp³-hybridized carbons (Fsp3) is 0.167. The van der Waals surface area contributed by atoms with Crippen LogP contribution in [0, 0.1) is 4.77 Å². The molecule has 1 aromatic carbocycles. The highest BCUT2D eigenvalue weighted by atomic mass is 35.5. The Morgan fingerprint density at radius 3 is 3.00 bits per heavy atom. The molecule has 0 saturated carbocycles. The van der Waals surface area contributed by atoms with E-state index in [1.54, 1.807) is 6.20 Å². The van der Waals surface area contributed by atoms with Gasteiger partial charge in [-0.15, -0.1) is 0 Å². The Hall–Kier alpha value is -1.59. The molecule has 4 nitrogen and oxygen atoms in total. The van der Waals surface area contributed by atoms with Crippen molar-refractivity contribution in [1.29, 1.82) is 0 Å². The molecular weight excluding hydrogens is 268 g/mol. The van der Waals surface area contributed by atoms with Crippen LogP contribution in [0.4, 0.5) is 0 Å². The van der Waals surface area contributed by atoms with Gasteiger partial charge in [-0.25, -0.2) is 4.98 Å². The van der Waals surface area contributed by atoms with E-state index in [1.807, 2.05) is 40.6 Å². The molecule has 0 spiro atoms. The summed E-state index contributed by atoms with van der Waals surface area (Å²) in [5.74, 6) is 0.951. The number of aromatic nitrogens is 4. The minimum atomic E-state index is 0.628. The highest BCUT2D eigenvalue weighted by Crippen LogP contribution is 2.23. The monoisotopic (exact) mass is 278 g/mol. The van der Waals surface area contributed by atoms with Crippen LogP contribution in [0.3, 0.4) is 0 Å². The molecule has 18 heavy (non-hydrogen) atoms. The Kier molecular flexibility index (Phi) is 2.72. The molecule has 0 radical (unpaired) electrons. The second-order valence-corrected chi connectivity index (χ2v) is 4.90. The number of aryl methyl sites for hydroxylation is 1. The fourth-order valence-corrected chi connectivity index (χ4v) is 2.47. The summed E-state index contributed by atoms with van der Waals surface area (Å²) < 4.78 is 4.63. The molecule has 0 aliphatic heterocycles. The fourth-order valence-electron chi connectivity index (χ4n) is 1.99. The number of nitrogens with one attached hydrogen (secondary N) is 1. The van der Waals surface area contributed by atoms with Gasteiger partial charge in [0.25, 0.3) is 0 Å². The van der Waals surface area contributed by atoms with Crippen molar-refractivity contribution in [3.8, 4) is 0 Å². The lowest BCUT2D eigenvalue weighted by molar-refractivity contribution is 0.707. The van der Waals surface area contributed by atoms with Gasteiger partial charge in [-0.3, -0.25) is 0 Å². The maximum Gasteiger partial charge on any atom is 0.178 e. The third kappa shape index (κ3) is 1.76. The molecule has 2 heterocycles. The van der Waals surface area contributed by atoms with E-state index in [1.165, 1.54) is 0 Å². The molecular formula is C12H11ClN4S. The number of hydrogen-bond donors (Lipinski definition) is 1. The maximum absolute atomic E-state index is 6.14. The number of H-pyrrole nitrogens is 1. The van der Waals surface area contributed by atoms with E-state index < -0.39 is 0 Å². The summed E-state index contributed by atoms with van der Waals surface area (Å²) in [7, 11) is 1.97. The number of halogens is 1. The molecule has 6 heteroatoms. The molecule has 3 rings (SSSR count). The van der Waals surface area contributed by atoms with Crippen LogP contribution in [-0.4, -0.2) is 19.1 Å². The molecule has 2 aromatic heterocycles. The molecule has 0 aliphatic carbocycles. The molecule has 3 aromatic rings. The minimum absolute atomic E-state index is 0.628. The minimum Gasteiger partial charge on any atom is -0.337 e. The van der Waals surface area contributed by atoms with E-state index in [0.717, 1.165) is 16.9 Å². The Balaban J connectivity index is 2.18. The van der Waals surface area contributed by atoms with Crippen LogP contribution >= 0.6 is 23.8 Å². The van der Waals surface area contributed by atoms with E-state index >= 15 is 0 Å². The van der Waals surface area contributed by atoms with Crippen LogP contribution in [0.25, 0.3) is 11.0 Å². The van der Waals surface area contributed by atoms with Crippen molar-refractivity contribution in [1.82, 2.24) is 19.1 Å².